The first-order valence-electron chi connectivity index (χ1n) is 6.79. The van der Waals surface area contributed by atoms with Crippen molar-refractivity contribution < 1.29 is 8.42 Å². The Kier molecular flexibility index (Phi) is 4.81. The van der Waals surface area contributed by atoms with Crippen molar-refractivity contribution in [1.82, 2.24) is 24.8 Å². The van der Waals surface area contributed by atoms with E-state index in [2.05, 4.69) is 20.1 Å². The maximum Gasteiger partial charge on any atom is 0.242 e. The van der Waals surface area contributed by atoms with Crippen LogP contribution in [0.5, 0.6) is 0 Å². The molecule has 0 saturated carbocycles. The summed E-state index contributed by atoms with van der Waals surface area (Å²) in [5.41, 5.74) is 2.63. The number of sulfonamides is 1. The zero-order chi connectivity index (χ0) is 15.5. The minimum absolute atomic E-state index is 0.242. The lowest BCUT2D eigenvalue weighted by Crippen LogP contribution is -2.23. The molecule has 2 aromatic rings. The van der Waals surface area contributed by atoms with Gasteiger partial charge in [-0.25, -0.2) is 13.1 Å². The number of hydrogen-bond donors (Lipinski definition) is 3. The summed E-state index contributed by atoms with van der Waals surface area (Å²) in [4.78, 5) is 3.18. The molecule has 2 heterocycles. The summed E-state index contributed by atoms with van der Waals surface area (Å²) in [5.74, 6) is 0. The quantitative estimate of drug-likeness (QED) is 0.695. The summed E-state index contributed by atoms with van der Waals surface area (Å²) in [6.45, 7) is 2.83. The molecule has 8 heteroatoms. The number of aryl methyl sites for hydroxylation is 2. The van der Waals surface area contributed by atoms with Crippen molar-refractivity contribution in [1.29, 1.82) is 0 Å². The van der Waals surface area contributed by atoms with Crippen LogP contribution >= 0.6 is 0 Å². The number of H-pyrrole nitrogens is 1. The van der Waals surface area contributed by atoms with Crippen LogP contribution in [0.25, 0.3) is 0 Å². The lowest BCUT2D eigenvalue weighted by Gasteiger charge is -2.04. The molecule has 0 amide bonds. The molecule has 0 unspecified atom stereocenters. The number of nitrogens with zero attached hydrogens (tertiary/aromatic N) is 2. The van der Waals surface area contributed by atoms with Crippen LogP contribution < -0.4 is 10.0 Å². The largest absolute Gasteiger partial charge is 0.363 e. The van der Waals surface area contributed by atoms with Crippen LogP contribution in [0.2, 0.25) is 0 Å². The second-order valence-electron chi connectivity index (χ2n) is 4.84. The monoisotopic (exact) mass is 311 g/mol. The van der Waals surface area contributed by atoms with E-state index in [-0.39, 0.29) is 11.4 Å². The molecule has 2 aromatic heterocycles. The van der Waals surface area contributed by atoms with E-state index in [1.165, 1.54) is 6.20 Å². The maximum absolute atomic E-state index is 12.3. The van der Waals surface area contributed by atoms with Crippen molar-refractivity contribution >= 4 is 10.0 Å². The first-order chi connectivity index (χ1) is 9.96. The van der Waals surface area contributed by atoms with Gasteiger partial charge in [-0.3, -0.25) is 4.68 Å². The predicted octanol–water partition coefficient (Wildman–Crippen LogP) is 0.509. The lowest BCUT2D eigenvalue weighted by molar-refractivity contribution is 0.581. The number of hydrogen-bond acceptors (Lipinski definition) is 4. The van der Waals surface area contributed by atoms with E-state index in [4.69, 9.17) is 0 Å². The molecule has 7 nitrogen and oxygen atoms in total. The van der Waals surface area contributed by atoms with Crippen LogP contribution in [0.4, 0.5) is 0 Å². The number of rotatable bonds is 7. The molecular formula is C13H21N5O2S. The molecule has 0 aromatic carbocycles. The molecule has 0 aliphatic heterocycles. The predicted molar refractivity (Wildman–Crippen MR) is 80.2 cm³/mol. The van der Waals surface area contributed by atoms with Crippen molar-refractivity contribution in [3.05, 3.63) is 35.4 Å². The fourth-order valence-corrected chi connectivity index (χ4v) is 3.18. The fraction of sp³-hybridized carbons (Fsp3) is 0.462. The van der Waals surface area contributed by atoms with Crippen LogP contribution in [0.3, 0.4) is 0 Å². The van der Waals surface area contributed by atoms with E-state index in [1.807, 2.05) is 27.2 Å². The number of aromatic amines is 1. The van der Waals surface area contributed by atoms with Gasteiger partial charge in [0, 0.05) is 43.8 Å². The van der Waals surface area contributed by atoms with Gasteiger partial charge in [0.05, 0.1) is 10.6 Å². The van der Waals surface area contributed by atoms with E-state index in [1.54, 1.807) is 10.7 Å². The SMILES string of the molecule is CCc1nn(C)cc1CNS(=O)(=O)c1c[nH]c(CNC)c1. The smallest absolute Gasteiger partial charge is 0.242 e. The highest BCUT2D eigenvalue weighted by Gasteiger charge is 2.17. The maximum atomic E-state index is 12.3. The van der Waals surface area contributed by atoms with Gasteiger partial charge in [0.2, 0.25) is 10.0 Å². The minimum atomic E-state index is -3.52. The van der Waals surface area contributed by atoms with Crippen molar-refractivity contribution in [2.24, 2.45) is 7.05 Å². The molecule has 0 aliphatic rings. The average Bonchev–Trinajstić information content (AvgIpc) is 3.04. The normalized spacial score (nSPS) is 12.0. The second-order valence-corrected chi connectivity index (χ2v) is 6.61. The van der Waals surface area contributed by atoms with Gasteiger partial charge in [0.1, 0.15) is 0 Å². The molecule has 0 fully saturated rings. The molecule has 3 N–H and O–H groups in total. The number of aromatic nitrogens is 3. The molecule has 0 saturated heterocycles. The summed E-state index contributed by atoms with van der Waals surface area (Å²) in [6.07, 6.45) is 4.11. The van der Waals surface area contributed by atoms with Crippen LogP contribution in [0.15, 0.2) is 23.4 Å². The third kappa shape index (κ3) is 3.72. The van der Waals surface area contributed by atoms with Gasteiger partial charge < -0.3 is 10.3 Å². The van der Waals surface area contributed by atoms with E-state index in [0.717, 1.165) is 23.4 Å². The summed E-state index contributed by atoms with van der Waals surface area (Å²) in [7, 11) is 0.116. The van der Waals surface area contributed by atoms with Crippen LogP contribution in [0, 0.1) is 0 Å². The molecule has 0 aliphatic carbocycles. The molecular weight excluding hydrogens is 290 g/mol. The fourth-order valence-electron chi connectivity index (χ4n) is 2.15. The Morgan fingerprint density at radius 1 is 1.38 bits per heavy atom. The molecule has 0 radical (unpaired) electrons. The minimum Gasteiger partial charge on any atom is -0.363 e. The van der Waals surface area contributed by atoms with E-state index in [0.29, 0.717) is 6.54 Å². The van der Waals surface area contributed by atoms with Gasteiger partial charge >= 0.3 is 0 Å². The standard InChI is InChI=1S/C13H21N5O2S/c1-4-13-10(9-18(3)17-13)6-16-21(19,20)12-5-11(7-14-2)15-8-12/h5,8-9,14-16H,4,6-7H2,1-3H3. The number of nitrogens with one attached hydrogen (secondary N) is 3. The van der Waals surface area contributed by atoms with Gasteiger partial charge in [-0.15, -0.1) is 0 Å². The first-order valence-corrected chi connectivity index (χ1v) is 8.27. The molecule has 116 valence electrons. The van der Waals surface area contributed by atoms with Gasteiger partial charge in [-0.1, -0.05) is 6.92 Å². The lowest BCUT2D eigenvalue weighted by atomic mass is 10.2. The summed E-state index contributed by atoms with van der Waals surface area (Å²) < 4.78 is 28.8. The zero-order valence-electron chi connectivity index (χ0n) is 12.5. The van der Waals surface area contributed by atoms with Crippen LogP contribution in [-0.2, 0) is 36.6 Å². The topological polar surface area (TPSA) is 91.8 Å². The second kappa shape index (κ2) is 6.42. The van der Waals surface area contributed by atoms with Crippen molar-refractivity contribution in [3.8, 4) is 0 Å². The summed E-state index contributed by atoms with van der Waals surface area (Å²) >= 11 is 0. The van der Waals surface area contributed by atoms with E-state index >= 15 is 0 Å². The highest BCUT2D eigenvalue weighted by Crippen LogP contribution is 2.13. The highest BCUT2D eigenvalue weighted by molar-refractivity contribution is 7.89. The molecule has 0 atom stereocenters. The Bertz CT molecular complexity index is 702. The Morgan fingerprint density at radius 3 is 2.81 bits per heavy atom. The Hall–Kier alpha value is -1.64. The van der Waals surface area contributed by atoms with E-state index in [9.17, 15) is 8.42 Å². The van der Waals surface area contributed by atoms with Crippen molar-refractivity contribution in [3.63, 3.8) is 0 Å². The molecule has 21 heavy (non-hydrogen) atoms. The van der Waals surface area contributed by atoms with Crippen molar-refractivity contribution in [2.75, 3.05) is 7.05 Å². The van der Waals surface area contributed by atoms with Gasteiger partial charge in [-0.05, 0) is 19.5 Å². The third-order valence-corrected chi connectivity index (χ3v) is 4.55. The Morgan fingerprint density at radius 2 is 2.14 bits per heavy atom. The summed E-state index contributed by atoms with van der Waals surface area (Å²) in [6, 6.07) is 1.63. The molecule has 2 rings (SSSR count). The first kappa shape index (κ1) is 15.7. The highest BCUT2D eigenvalue weighted by atomic mass is 32.2. The van der Waals surface area contributed by atoms with Crippen LogP contribution in [-0.4, -0.2) is 30.2 Å². The Balaban J connectivity index is 2.09. The van der Waals surface area contributed by atoms with E-state index < -0.39 is 10.0 Å². The van der Waals surface area contributed by atoms with Gasteiger partial charge in [0.15, 0.2) is 0 Å². The molecule has 0 spiro atoms. The van der Waals surface area contributed by atoms with Crippen LogP contribution in [0.1, 0.15) is 23.9 Å². The third-order valence-electron chi connectivity index (χ3n) is 3.17. The average molecular weight is 311 g/mol. The van der Waals surface area contributed by atoms with Gasteiger partial charge in [0.25, 0.3) is 0 Å². The van der Waals surface area contributed by atoms with Crippen molar-refractivity contribution in [2.45, 2.75) is 31.3 Å². The Labute approximate surface area is 124 Å². The van der Waals surface area contributed by atoms with Gasteiger partial charge in [-0.2, -0.15) is 5.10 Å². The summed E-state index contributed by atoms with van der Waals surface area (Å²) in [5, 5.41) is 7.27. The zero-order valence-corrected chi connectivity index (χ0v) is 13.3. The molecule has 0 bridgehead atoms.